The molecule has 0 radical (unpaired) electrons. The van der Waals surface area contributed by atoms with Crippen LogP contribution in [0.2, 0.25) is 0 Å². The molecule has 0 aliphatic carbocycles. The quantitative estimate of drug-likeness (QED) is 0.798. The maximum atomic E-state index is 5.57. The van der Waals surface area contributed by atoms with Gasteiger partial charge in [-0.3, -0.25) is 4.98 Å². The largest absolute Gasteiger partial charge is 0.479 e. The van der Waals surface area contributed by atoms with Crippen molar-refractivity contribution in [3.05, 3.63) is 36.5 Å². The molecule has 94 valence electrons. The van der Waals surface area contributed by atoms with E-state index in [2.05, 4.69) is 16.8 Å². The number of hydrogen-bond acceptors (Lipinski definition) is 3. The van der Waals surface area contributed by atoms with Crippen LogP contribution in [0.15, 0.2) is 36.5 Å². The van der Waals surface area contributed by atoms with Gasteiger partial charge in [-0.2, -0.15) is 0 Å². The average molecular weight is 264 g/mol. The van der Waals surface area contributed by atoms with Crippen molar-refractivity contribution in [3.63, 3.8) is 0 Å². The van der Waals surface area contributed by atoms with Crippen molar-refractivity contribution in [1.29, 1.82) is 0 Å². The summed E-state index contributed by atoms with van der Waals surface area (Å²) in [5, 5.41) is 1.06. The lowest BCUT2D eigenvalue weighted by Crippen LogP contribution is -1.96. The molecule has 0 N–H and O–H groups in total. The van der Waals surface area contributed by atoms with Gasteiger partial charge in [0.15, 0.2) is 0 Å². The van der Waals surface area contributed by atoms with Crippen molar-refractivity contribution in [3.8, 4) is 17.6 Å². The number of hydrogen-bond donors (Lipinski definition) is 0. The van der Waals surface area contributed by atoms with E-state index in [-0.39, 0.29) is 12.4 Å². The Kier molecular flexibility index (Phi) is 5.99. The van der Waals surface area contributed by atoms with Crippen LogP contribution < -0.4 is 4.74 Å². The third-order valence-corrected chi connectivity index (χ3v) is 2.24. The van der Waals surface area contributed by atoms with Gasteiger partial charge in [-0.25, -0.2) is 0 Å². The highest BCUT2D eigenvalue weighted by Gasteiger charge is 2.00. The van der Waals surface area contributed by atoms with Crippen LogP contribution in [0.3, 0.4) is 0 Å². The summed E-state index contributed by atoms with van der Waals surface area (Å²) in [6, 6.07) is 9.76. The predicted molar refractivity (Wildman–Crippen MR) is 74.1 cm³/mol. The van der Waals surface area contributed by atoms with E-state index in [0.29, 0.717) is 13.2 Å². The number of ether oxygens (including phenoxy) is 2. The minimum atomic E-state index is 0. The van der Waals surface area contributed by atoms with Crippen molar-refractivity contribution in [2.75, 3.05) is 20.3 Å². The lowest BCUT2D eigenvalue weighted by Gasteiger charge is -2.04. The molecule has 4 heteroatoms. The van der Waals surface area contributed by atoms with Gasteiger partial charge in [-0.05, 0) is 12.1 Å². The lowest BCUT2D eigenvalue weighted by molar-refractivity contribution is 0.239. The molecule has 0 spiro atoms. The molecule has 0 amide bonds. The molecule has 0 unspecified atom stereocenters. The first-order valence-corrected chi connectivity index (χ1v) is 5.33. The third kappa shape index (κ3) is 3.63. The van der Waals surface area contributed by atoms with Crippen LogP contribution in [-0.2, 0) is 4.74 Å². The molecule has 0 fully saturated rings. The fourth-order valence-corrected chi connectivity index (χ4v) is 1.48. The second kappa shape index (κ2) is 7.54. The topological polar surface area (TPSA) is 31.4 Å². The fraction of sp³-hybridized carbons (Fsp3) is 0.214. The van der Waals surface area contributed by atoms with Gasteiger partial charge in [-0.1, -0.05) is 30.0 Å². The molecule has 0 aliphatic heterocycles. The first-order valence-electron chi connectivity index (χ1n) is 5.33. The first kappa shape index (κ1) is 14.3. The number of pyridine rings is 1. The molecular formula is C14H14ClNO2. The summed E-state index contributed by atoms with van der Waals surface area (Å²) >= 11 is 0. The molecule has 0 aliphatic rings. The van der Waals surface area contributed by atoms with Gasteiger partial charge < -0.3 is 9.47 Å². The van der Waals surface area contributed by atoms with E-state index in [1.807, 2.05) is 30.3 Å². The van der Waals surface area contributed by atoms with Gasteiger partial charge in [0, 0.05) is 18.7 Å². The molecule has 0 bridgehead atoms. The molecule has 1 aromatic heterocycles. The Labute approximate surface area is 113 Å². The van der Waals surface area contributed by atoms with Crippen molar-refractivity contribution in [2.45, 2.75) is 0 Å². The van der Waals surface area contributed by atoms with Crippen LogP contribution in [0, 0.1) is 11.8 Å². The van der Waals surface area contributed by atoms with Crippen LogP contribution in [0.1, 0.15) is 0 Å². The van der Waals surface area contributed by atoms with E-state index >= 15 is 0 Å². The van der Waals surface area contributed by atoms with Crippen LogP contribution in [-0.4, -0.2) is 25.3 Å². The van der Waals surface area contributed by atoms with E-state index in [4.69, 9.17) is 9.47 Å². The van der Waals surface area contributed by atoms with Crippen molar-refractivity contribution in [2.24, 2.45) is 0 Å². The standard InChI is InChI=1S/C14H13NO2.ClH/c1-16-10-2-3-11-17-13-8-4-6-12-7-5-9-15-14(12)13;/h4-9H,10-11H2,1H3;1H. The summed E-state index contributed by atoms with van der Waals surface area (Å²) in [6.07, 6.45) is 1.76. The number of rotatable bonds is 3. The summed E-state index contributed by atoms with van der Waals surface area (Å²) in [4.78, 5) is 4.30. The highest BCUT2D eigenvalue weighted by Crippen LogP contribution is 2.22. The van der Waals surface area contributed by atoms with Gasteiger partial charge in [0.2, 0.25) is 0 Å². The van der Waals surface area contributed by atoms with Crippen LogP contribution in [0.5, 0.6) is 5.75 Å². The zero-order chi connectivity index (χ0) is 11.9. The number of methoxy groups -OCH3 is 1. The zero-order valence-electron chi connectivity index (χ0n) is 10.1. The highest BCUT2D eigenvalue weighted by atomic mass is 35.5. The molecule has 1 heterocycles. The van der Waals surface area contributed by atoms with E-state index in [1.165, 1.54) is 0 Å². The summed E-state index contributed by atoms with van der Waals surface area (Å²) < 4.78 is 10.4. The SMILES string of the molecule is COCC#CCOc1cccc2cccnc12.Cl. The van der Waals surface area contributed by atoms with Gasteiger partial charge in [0.05, 0.1) is 0 Å². The second-order valence-electron chi connectivity index (χ2n) is 3.41. The Morgan fingerprint density at radius 2 is 1.89 bits per heavy atom. The maximum absolute atomic E-state index is 5.57. The normalized spacial score (nSPS) is 9.17. The molecule has 2 aromatic rings. The predicted octanol–water partition coefficient (Wildman–Crippen LogP) is 2.69. The molecule has 0 saturated carbocycles. The van der Waals surface area contributed by atoms with Gasteiger partial charge in [0.25, 0.3) is 0 Å². The minimum Gasteiger partial charge on any atom is -0.479 e. The monoisotopic (exact) mass is 263 g/mol. The third-order valence-electron chi connectivity index (χ3n) is 2.24. The first-order chi connectivity index (χ1) is 8.42. The molecule has 1 aromatic carbocycles. The van der Waals surface area contributed by atoms with E-state index in [0.717, 1.165) is 16.7 Å². The fourth-order valence-electron chi connectivity index (χ4n) is 1.48. The number of halogens is 1. The summed E-state index contributed by atoms with van der Waals surface area (Å²) in [5.74, 6) is 6.47. The molecule has 2 rings (SSSR count). The Morgan fingerprint density at radius 3 is 2.72 bits per heavy atom. The molecule has 3 nitrogen and oxygen atoms in total. The van der Waals surface area contributed by atoms with Crippen molar-refractivity contribution >= 4 is 23.3 Å². The molecular weight excluding hydrogens is 250 g/mol. The van der Waals surface area contributed by atoms with Crippen molar-refractivity contribution < 1.29 is 9.47 Å². The molecule has 0 atom stereocenters. The number of benzene rings is 1. The summed E-state index contributed by atoms with van der Waals surface area (Å²) in [6.45, 7) is 0.774. The van der Waals surface area contributed by atoms with Crippen molar-refractivity contribution in [1.82, 2.24) is 4.98 Å². The zero-order valence-corrected chi connectivity index (χ0v) is 10.9. The number of nitrogens with zero attached hydrogens (tertiary/aromatic N) is 1. The Hall–Kier alpha value is -1.76. The van der Waals surface area contributed by atoms with Crippen LogP contribution in [0.4, 0.5) is 0 Å². The maximum Gasteiger partial charge on any atom is 0.149 e. The Balaban J connectivity index is 0.00000162. The summed E-state index contributed by atoms with van der Waals surface area (Å²) in [7, 11) is 1.62. The second-order valence-corrected chi connectivity index (χ2v) is 3.41. The summed E-state index contributed by atoms with van der Waals surface area (Å²) in [5.41, 5.74) is 0.864. The van der Waals surface area contributed by atoms with Gasteiger partial charge >= 0.3 is 0 Å². The average Bonchev–Trinajstić information content (AvgIpc) is 2.39. The van der Waals surface area contributed by atoms with Gasteiger partial charge in [0.1, 0.15) is 24.5 Å². The number of para-hydroxylation sites is 1. The Bertz CT molecular complexity index is 555. The van der Waals surface area contributed by atoms with E-state index < -0.39 is 0 Å². The highest BCUT2D eigenvalue weighted by molar-refractivity contribution is 5.85. The Morgan fingerprint density at radius 1 is 1.11 bits per heavy atom. The minimum absolute atomic E-state index is 0. The van der Waals surface area contributed by atoms with Crippen LogP contribution >= 0.6 is 12.4 Å². The molecule has 18 heavy (non-hydrogen) atoms. The van der Waals surface area contributed by atoms with Gasteiger partial charge in [-0.15, -0.1) is 12.4 Å². The van der Waals surface area contributed by atoms with E-state index in [9.17, 15) is 0 Å². The molecule has 0 saturated heterocycles. The lowest BCUT2D eigenvalue weighted by atomic mass is 10.2. The van der Waals surface area contributed by atoms with Crippen LogP contribution in [0.25, 0.3) is 10.9 Å². The van der Waals surface area contributed by atoms with E-state index in [1.54, 1.807) is 13.3 Å². The number of aromatic nitrogens is 1. The smallest absolute Gasteiger partial charge is 0.149 e. The number of fused-ring (bicyclic) bond motifs is 1.